The third-order valence-corrected chi connectivity index (χ3v) is 11.7. The minimum atomic E-state index is -0.415. The molecule has 58 heavy (non-hydrogen) atoms. The predicted octanol–water partition coefficient (Wildman–Crippen LogP) is 3.08. The fourth-order valence-electron chi connectivity index (χ4n) is 8.22. The molecule has 8 rings (SSSR count). The number of halogens is 1. The van der Waals surface area contributed by atoms with E-state index in [1.807, 2.05) is 17.8 Å². The molecule has 0 aliphatic carbocycles. The van der Waals surface area contributed by atoms with Crippen LogP contribution in [0.4, 0.5) is 23.1 Å². The van der Waals surface area contributed by atoms with E-state index in [4.69, 9.17) is 26.4 Å². The number of benzene rings is 1. The van der Waals surface area contributed by atoms with Crippen molar-refractivity contribution >= 4 is 74.4 Å². The molecule has 3 fully saturated rings. The van der Waals surface area contributed by atoms with Crippen molar-refractivity contribution in [2.75, 3.05) is 74.6 Å². The Morgan fingerprint density at radius 3 is 2.59 bits per heavy atom. The molecule has 3 aliphatic heterocycles. The van der Waals surface area contributed by atoms with Crippen LogP contribution in [-0.2, 0) is 28.5 Å². The summed E-state index contributed by atoms with van der Waals surface area (Å²) >= 11 is 6.58. The van der Waals surface area contributed by atoms with Gasteiger partial charge in [-0.3, -0.25) is 33.7 Å². The summed E-state index contributed by atoms with van der Waals surface area (Å²) in [6, 6.07) is 9.78. The fraction of sp³-hybridized carbons (Fsp3) is 0.450. The maximum atomic E-state index is 12.8. The number of pyridine rings is 2. The van der Waals surface area contributed by atoms with E-state index in [2.05, 4.69) is 58.8 Å². The zero-order chi connectivity index (χ0) is 40.5. The first-order chi connectivity index (χ1) is 28.0. The summed E-state index contributed by atoms with van der Waals surface area (Å²) in [6.45, 7) is 6.23. The van der Waals surface area contributed by atoms with E-state index in [9.17, 15) is 19.2 Å². The van der Waals surface area contributed by atoms with Crippen molar-refractivity contribution in [1.29, 1.82) is 0 Å². The van der Waals surface area contributed by atoms with Gasteiger partial charge in [0.05, 0.1) is 35.2 Å². The third-order valence-electron chi connectivity index (χ3n) is 11.4. The van der Waals surface area contributed by atoms with Gasteiger partial charge in [0.1, 0.15) is 10.7 Å². The van der Waals surface area contributed by atoms with Crippen molar-refractivity contribution in [2.24, 2.45) is 20.0 Å². The minimum absolute atomic E-state index is 0.0455. The molecule has 0 saturated carbocycles. The lowest BCUT2D eigenvalue weighted by atomic mass is 9.92. The van der Waals surface area contributed by atoms with Crippen LogP contribution in [0, 0.1) is 5.92 Å². The summed E-state index contributed by atoms with van der Waals surface area (Å²) in [5.41, 5.74) is 3.56. The summed E-state index contributed by atoms with van der Waals surface area (Å²) in [7, 11) is 5.01. The molecule has 304 valence electrons. The van der Waals surface area contributed by atoms with E-state index in [1.165, 1.54) is 11.6 Å². The molecule has 18 heteroatoms. The van der Waals surface area contributed by atoms with Gasteiger partial charge < -0.3 is 30.1 Å². The molecule has 7 heterocycles. The van der Waals surface area contributed by atoms with Crippen LogP contribution in [0.1, 0.15) is 43.7 Å². The topological polar surface area (TPSA) is 185 Å². The first kappa shape index (κ1) is 39.0. The molecule has 0 bridgehead atoms. The number of nitrogens with zero attached hydrogens (tertiary/aromatic N) is 9. The van der Waals surface area contributed by atoms with E-state index in [0.29, 0.717) is 52.3 Å². The molecule has 5 aromatic rings. The van der Waals surface area contributed by atoms with Crippen molar-refractivity contribution in [3.05, 3.63) is 63.8 Å². The second-order valence-electron chi connectivity index (χ2n) is 15.2. The Morgan fingerprint density at radius 2 is 1.79 bits per heavy atom. The third kappa shape index (κ3) is 8.13. The van der Waals surface area contributed by atoms with Gasteiger partial charge in [-0.1, -0.05) is 11.6 Å². The molecule has 3 aliphatic rings. The maximum Gasteiger partial charge on any atom is 0.294 e. The number of ether oxygens (including phenoxy) is 1. The molecule has 0 spiro atoms. The van der Waals surface area contributed by atoms with Crippen LogP contribution in [0.5, 0.6) is 5.75 Å². The van der Waals surface area contributed by atoms with Crippen LogP contribution in [0.25, 0.3) is 21.9 Å². The van der Waals surface area contributed by atoms with Crippen LogP contribution in [0.2, 0.25) is 5.02 Å². The van der Waals surface area contributed by atoms with Crippen LogP contribution in [0.3, 0.4) is 0 Å². The van der Waals surface area contributed by atoms with Gasteiger partial charge in [0.15, 0.2) is 18.2 Å². The standard InChI is InChI=1S/C40H47ClN12O5/c1-42-34(55)23-58-32-18-25-17-26(20-43-37(25)49(2)39(32)57)45-36-30(41)21-44-40(47-36)53-12-4-11-51(15-16-53)22-24-9-13-52(14-10-24)27-5-6-28-31(19-27)50(3)48-35(28)29-7-8-33(54)46-38(29)56/h5-6,17-21,24,29H,4,7-16,22-23H2,1-3H3,(H,42,55)(H,44,45,47)(H,46,54,56). The highest BCUT2D eigenvalue weighted by Crippen LogP contribution is 2.34. The van der Waals surface area contributed by atoms with Crippen molar-refractivity contribution in [3.63, 3.8) is 0 Å². The van der Waals surface area contributed by atoms with Gasteiger partial charge in [-0.25, -0.2) is 9.97 Å². The second kappa shape index (κ2) is 16.6. The smallest absolute Gasteiger partial charge is 0.294 e. The van der Waals surface area contributed by atoms with Crippen LogP contribution >= 0.6 is 11.6 Å². The average Bonchev–Trinajstić information content (AvgIpc) is 3.37. The van der Waals surface area contributed by atoms with Gasteiger partial charge >= 0.3 is 0 Å². The predicted molar refractivity (Wildman–Crippen MR) is 221 cm³/mol. The van der Waals surface area contributed by atoms with E-state index in [1.54, 1.807) is 25.5 Å². The fourth-order valence-corrected chi connectivity index (χ4v) is 8.36. The molecule has 1 atom stereocenters. The Kier molecular flexibility index (Phi) is 11.2. The first-order valence-corrected chi connectivity index (χ1v) is 20.1. The van der Waals surface area contributed by atoms with Gasteiger partial charge in [0.25, 0.3) is 11.5 Å². The van der Waals surface area contributed by atoms with E-state index in [-0.39, 0.29) is 30.1 Å². The second-order valence-corrected chi connectivity index (χ2v) is 15.7. The molecule has 1 unspecified atom stereocenters. The van der Waals surface area contributed by atoms with Crippen molar-refractivity contribution < 1.29 is 19.1 Å². The van der Waals surface area contributed by atoms with Crippen LogP contribution in [-0.4, -0.2) is 111 Å². The molecule has 1 aromatic carbocycles. The molecule has 0 radical (unpaired) electrons. The number of carbonyl (C=O) groups excluding carboxylic acids is 3. The number of likely N-dealkylation sites (N-methyl/N-ethyl adjacent to an activating group) is 1. The first-order valence-electron chi connectivity index (χ1n) is 19.7. The van der Waals surface area contributed by atoms with E-state index >= 15 is 0 Å². The highest BCUT2D eigenvalue weighted by Gasteiger charge is 2.32. The van der Waals surface area contributed by atoms with Gasteiger partial charge in [-0.15, -0.1) is 0 Å². The average molecular weight is 811 g/mol. The van der Waals surface area contributed by atoms with Crippen molar-refractivity contribution in [3.8, 4) is 5.75 Å². The van der Waals surface area contributed by atoms with Crippen molar-refractivity contribution in [1.82, 2.24) is 44.8 Å². The largest absolute Gasteiger partial charge is 0.478 e. The van der Waals surface area contributed by atoms with Gasteiger partial charge in [0, 0.05) is 83.3 Å². The highest BCUT2D eigenvalue weighted by atomic mass is 35.5. The number of aromatic nitrogens is 6. The lowest BCUT2D eigenvalue weighted by Gasteiger charge is -2.36. The molecule has 4 aromatic heterocycles. The number of rotatable bonds is 10. The molecule has 3 N–H and O–H groups in total. The summed E-state index contributed by atoms with van der Waals surface area (Å²) in [4.78, 5) is 69.9. The van der Waals surface area contributed by atoms with E-state index < -0.39 is 11.5 Å². The zero-order valence-electron chi connectivity index (χ0n) is 32.8. The monoisotopic (exact) mass is 810 g/mol. The Hall–Kier alpha value is -5.81. The number of hydrogen-bond acceptors (Lipinski definition) is 13. The lowest BCUT2D eigenvalue weighted by Crippen LogP contribution is -2.40. The normalized spacial score (nSPS) is 18.4. The van der Waals surface area contributed by atoms with Crippen molar-refractivity contribution in [2.45, 2.75) is 38.0 Å². The van der Waals surface area contributed by atoms with Gasteiger partial charge in [-0.05, 0) is 68.5 Å². The molecule has 3 amide bonds. The summed E-state index contributed by atoms with van der Waals surface area (Å²) in [6.07, 6.45) is 7.21. The number of fused-ring (bicyclic) bond motifs is 2. The Balaban J connectivity index is 0.864. The number of amides is 3. The van der Waals surface area contributed by atoms with Crippen LogP contribution < -0.4 is 36.0 Å². The number of imide groups is 1. The number of nitrogens with one attached hydrogen (secondary N) is 3. The summed E-state index contributed by atoms with van der Waals surface area (Å²) < 4.78 is 8.72. The number of hydrogen-bond donors (Lipinski definition) is 3. The number of carbonyl (C=O) groups is 3. The molecule has 17 nitrogen and oxygen atoms in total. The highest BCUT2D eigenvalue weighted by molar-refractivity contribution is 6.33. The quantitative estimate of drug-likeness (QED) is 0.175. The summed E-state index contributed by atoms with van der Waals surface area (Å²) in [5.74, 6) is 0.433. The number of anilines is 4. The Morgan fingerprint density at radius 1 is 0.966 bits per heavy atom. The molecular formula is C40H47ClN12O5. The SMILES string of the molecule is CNC(=O)COc1cc2cc(Nc3nc(N4CCCN(CC5CCN(c6ccc7c(C8CCC(=O)NC8=O)nn(C)c7c6)CC5)CC4)ncc3Cl)cnc2n(C)c1=O. The molecular weight excluding hydrogens is 764 g/mol. The number of piperidine rings is 2. The summed E-state index contributed by atoms with van der Waals surface area (Å²) in [5, 5.41) is 14.9. The van der Waals surface area contributed by atoms with Gasteiger partial charge in [-0.2, -0.15) is 10.1 Å². The minimum Gasteiger partial charge on any atom is -0.478 e. The van der Waals surface area contributed by atoms with Gasteiger partial charge in [0.2, 0.25) is 17.8 Å². The van der Waals surface area contributed by atoms with E-state index in [0.717, 1.165) is 87.4 Å². The van der Waals surface area contributed by atoms with Crippen LogP contribution in [0.15, 0.2) is 47.5 Å². The lowest BCUT2D eigenvalue weighted by molar-refractivity contribution is -0.134. The molecule has 3 saturated heterocycles. The number of aryl methyl sites for hydroxylation is 2. The zero-order valence-corrected chi connectivity index (χ0v) is 33.6. The maximum absolute atomic E-state index is 12.8. The Bertz CT molecular complexity index is 2440. The Labute approximate surface area is 339 Å².